The van der Waals surface area contributed by atoms with Crippen molar-refractivity contribution in [2.45, 2.75) is 30.2 Å². The van der Waals surface area contributed by atoms with Crippen LogP contribution in [-0.4, -0.2) is 42.3 Å². The zero-order valence-corrected chi connectivity index (χ0v) is 15.8. The summed E-state index contributed by atoms with van der Waals surface area (Å²) in [5.41, 5.74) is -0.206. The van der Waals surface area contributed by atoms with Crippen LogP contribution in [0.15, 0.2) is 27.6 Å². The normalized spacial score (nSPS) is 24.4. The summed E-state index contributed by atoms with van der Waals surface area (Å²) in [6.45, 7) is 2.33. The standard InChI is InChI=1S/C16H17ClN4O4S/c1-9-18-14(25-20-9)16-6-10(7-16)8-21(16)15(22)19-11-3-4-12(17)13(5-11)26(2,23)24/h3-5,10H,6-8H2,1-2H3,(H,19,22). The molecule has 2 saturated heterocycles. The van der Waals surface area contributed by atoms with E-state index in [-0.39, 0.29) is 15.9 Å². The molecule has 8 nitrogen and oxygen atoms in total. The number of aromatic nitrogens is 2. The van der Waals surface area contributed by atoms with E-state index in [2.05, 4.69) is 15.5 Å². The Hall–Kier alpha value is -2.13. The summed E-state index contributed by atoms with van der Waals surface area (Å²) >= 11 is 5.95. The number of carbonyl (C=O) groups excluding carboxylic acids is 1. The lowest BCUT2D eigenvalue weighted by molar-refractivity contribution is 0.0898. The number of hydrogen-bond acceptors (Lipinski definition) is 6. The first-order chi connectivity index (χ1) is 12.2. The van der Waals surface area contributed by atoms with Crippen LogP contribution in [0.5, 0.6) is 0 Å². The highest BCUT2D eigenvalue weighted by atomic mass is 35.5. The van der Waals surface area contributed by atoms with Gasteiger partial charge in [-0.2, -0.15) is 4.98 Å². The third-order valence-electron chi connectivity index (χ3n) is 4.96. The van der Waals surface area contributed by atoms with Gasteiger partial charge in [-0.3, -0.25) is 0 Å². The molecule has 2 aromatic rings. The van der Waals surface area contributed by atoms with Gasteiger partial charge >= 0.3 is 6.03 Å². The zero-order chi connectivity index (χ0) is 18.7. The Labute approximate surface area is 155 Å². The van der Waals surface area contributed by atoms with E-state index in [0.29, 0.717) is 29.9 Å². The maximum atomic E-state index is 12.8. The van der Waals surface area contributed by atoms with Crippen molar-refractivity contribution in [2.24, 2.45) is 5.92 Å². The Morgan fingerprint density at radius 3 is 2.77 bits per heavy atom. The van der Waals surface area contributed by atoms with Gasteiger partial charge in [-0.15, -0.1) is 0 Å². The SMILES string of the molecule is Cc1noc(C23CC(CN2C(=O)Nc2ccc(Cl)c(S(C)(=O)=O)c2)C3)n1. The van der Waals surface area contributed by atoms with Crippen LogP contribution in [-0.2, 0) is 15.4 Å². The Kier molecular flexibility index (Phi) is 3.78. The predicted molar refractivity (Wildman–Crippen MR) is 93.7 cm³/mol. The molecule has 0 unspecified atom stereocenters. The van der Waals surface area contributed by atoms with Crippen LogP contribution in [0.4, 0.5) is 10.5 Å². The first-order valence-electron chi connectivity index (χ1n) is 8.08. The molecule has 2 aliphatic heterocycles. The summed E-state index contributed by atoms with van der Waals surface area (Å²) < 4.78 is 28.9. The summed E-state index contributed by atoms with van der Waals surface area (Å²) in [7, 11) is -3.50. The van der Waals surface area contributed by atoms with Gasteiger partial charge in [0.25, 0.3) is 5.89 Å². The monoisotopic (exact) mass is 396 g/mol. The Bertz CT molecular complexity index is 997. The average molecular weight is 397 g/mol. The van der Waals surface area contributed by atoms with Crippen LogP contribution in [0.1, 0.15) is 24.6 Å². The van der Waals surface area contributed by atoms with Crippen molar-refractivity contribution in [3.05, 3.63) is 34.9 Å². The number of sulfone groups is 1. The van der Waals surface area contributed by atoms with E-state index in [0.717, 1.165) is 19.1 Å². The molecule has 26 heavy (non-hydrogen) atoms. The number of hydrogen-bond donors (Lipinski definition) is 1. The Morgan fingerprint density at radius 2 is 2.15 bits per heavy atom. The number of nitrogens with zero attached hydrogens (tertiary/aromatic N) is 3. The van der Waals surface area contributed by atoms with Gasteiger partial charge in [-0.25, -0.2) is 13.2 Å². The molecule has 2 bridgehead atoms. The highest BCUT2D eigenvalue weighted by molar-refractivity contribution is 7.90. The third kappa shape index (κ3) is 2.66. The number of rotatable bonds is 3. The first-order valence-corrected chi connectivity index (χ1v) is 10.3. The molecular formula is C16H17ClN4O4S. The molecule has 1 aromatic carbocycles. The molecule has 0 atom stereocenters. The number of carbonyl (C=O) groups is 1. The van der Waals surface area contributed by atoms with Crippen molar-refractivity contribution in [3.8, 4) is 0 Å². The number of urea groups is 1. The van der Waals surface area contributed by atoms with Crippen LogP contribution >= 0.6 is 11.6 Å². The molecule has 0 spiro atoms. The van der Waals surface area contributed by atoms with E-state index in [9.17, 15) is 13.2 Å². The van der Waals surface area contributed by atoms with Gasteiger partial charge in [0.2, 0.25) is 0 Å². The lowest BCUT2D eigenvalue weighted by Crippen LogP contribution is -2.47. The van der Waals surface area contributed by atoms with E-state index in [4.69, 9.17) is 16.1 Å². The largest absolute Gasteiger partial charge is 0.337 e. The van der Waals surface area contributed by atoms with Gasteiger partial charge < -0.3 is 14.7 Å². The smallest absolute Gasteiger partial charge is 0.322 e. The van der Waals surface area contributed by atoms with Crippen LogP contribution in [0.3, 0.4) is 0 Å². The second kappa shape index (κ2) is 5.68. The number of amides is 2. The summed E-state index contributed by atoms with van der Waals surface area (Å²) in [6, 6.07) is 4.05. The second-order valence-corrected chi connectivity index (χ2v) is 9.30. The molecule has 3 aliphatic rings. The third-order valence-corrected chi connectivity index (χ3v) is 6.54. The van der Waals surface area contributed by atoms with Crippen molar-refractivity contribution in [1.82, 2.24) is 15.0 Å². The molecule has 10 heteroatoms. The van der Waals surface area contributed by atoms with Crippen LogP contribution < -0.4 is 5.32 Å². The number of anilines is 1. The molecule has 1 aromatic heterocycles. The van der Waals surface area contributed by atoms with E-state index in [1.54, 1.807) is 17.9 Å². The van der Waals surface area contributed by atoms with Crippen LogP contribution in [0.25, 0.3) is 0 Å². The van der Waals surface area contributed by atoms with Gasteiger partial charge in [0.05, 0.1) is 9.92 Å². The fourth-order valence-electron chi connectivity index (χ4n) is 3.79. The van der Waals surface area contributed by atoms with Gasteiger partial charge in [-0.1, -0.05) is 16.8 Å². The summed E-state index contributed by atoms with van der Waals surface area (Å²) in [6.07, 6.45) is 2.65. The average Bonchev–Trinajstić information content (AvgIpc) is 3.19. The first kappa shape index (κ1) is 17.3. The van der Waals surface area contributed by atoms with Crippen molar-refractivity contribution in [1.29, 1.82) is 0 Å². The maximum Gasteiger partial charge on any atom is 0.322 e. The van der Waals surface area contributed by atoms with Gasteiger partial charge in [0.1, 0.15) is 5.54 Å². The van der Waals surface area contributed by atoms with Crippen molar-refractivity contribution in [3.63, 3.8) is 0 Å². The van der Waals surface area contributed by atoms with Gasteiger partial charge in [0, 0.05) is 18.5 Å². The summed E-state index contributed by atoms with van der Waals surface area (Å²) in [5.74, 6) is 1.39. The van der Waals surface area contributed by atoms with Gasteiger partial charge in [0.15, 0.2) is 15.7 Å². The van der Waals surface area contributed by atoms with Crippen LogP contribution in [0, 0.1) is 12.8 Å². The van der Waals surface area contributed by atoms with E-state index in [1.165, 1.54) is 12.1 Å². The molecule has 1 N–H and O–H groups in total. The lowest BCUT2D eigenvalue weighted by atomic mass is 9.73. The molecule has 3 fully saturated rings. The van der Waals surface area contributed by atoms with E-state index in [1.807, 2.05) is 0 Å². The molecule has 2 amide bonds. The molecule has 1 aliphatic carbocycles. The van der Waals surface area contributed by atoms with Crippen LogP contribution in [0.2, 0.25) is 5.02 Å². The maximum absolute atomic E-state index is 12.8. The molecule has 1 saturated carbocycles. The molecule has 0 radical (unpaired) electrons. The van der Waals surface area contributed by atoms with Gasteiger partial charge in [-0.05, 0) is 43.9 Å². The number of benzene rings is 1. The highest BCUT2D eigenvalue weighted by Gasteiger charge is 2.62. The van der Waals surface area contributed by atoms with Crippen molar-refractivity contribution >= 4 is 33.2 Å². The van der Waals surface area contributed by atoms with Crippen molar-refractivity contribution < 1.29 is 17.7 Å². The quantitative estimate of drug-likeness (QED) is 0.854. The molecule has 138 valence electrons. The summed E-state index contributed by atoms with van der Waals surface area (Å²) in [4.78, 5) is 18.8. The molecule has 5 rings (SSSR count). The second-order valence-electron chi connectivity index (χ2n) is 6.91. The zero-order valence-electron chi connectivity index (χ0n) is 14.2. The lowest BCUT2D eigenvalue weighted by Gasteiger charge is -2.38. The molecule has 3 heterocycles. The number of halogens is 1. The topological polar surface area (TPSA) is 105 Å². The predicted octanol–water partition coefficient (Wildman–Crippen LogP) is 2.59. The minimum atomic E-state index is -3.50. The summed E-state index contributed by atoms with van der Waals surface area (Å²) in [5, 5.41) is 6.70. The van der Waals surface area contributed by atoms with E-state index < -0.39 is 15.4 Å². The molecular weight excluding hydrogens is 380 g/mol. The van der Waals surface area contributed by atoms with E-state index >= 15 is 0 Å². The fraction of sp³-hybridized carbons (Fsp3) is 0.438. The fourth-order valence-corrected chi connectivity index (χ4v) is 5.09. The van der Waals surface area contributed by atoms with Crippen molar-refractivity contribution in [2.75, 3.05) is 18.1 Å². The Morgan fingerprint density at radius 1 is 1.42 bits per heavy atom. The number of fused-ring (bicyclic) bond motifs is 1. The number of nitrogens with one attached hydrogen (secondary N) is 1. The minimum absolute atomic E-state index is 0.0232. The number of aryl methyl sites for hydroxylation is 1. The highest BCUT2D eigenvalue weighted by Crippen LogP contribution is 2.56. The Balaban J connectivity index is 1.59. The minimum Gasteiger partial charge on any atom is -0.337 e.